The molecular weight excluding hydrogens is 497 g/mol. The summed E-state index contributed by atoms with van der Waals surface area (Å²) in [5.74, 6) is -7.87. The van der Waals surface area contributed by atoms with Gasteiger partial charge < -0.3 is 15.6 Å². The summed E-state index contributed by atoms with van der Waals surface area (Å²) in [6.45, 7) is 1.43. The van der Waals surface area contributed by atoms with E-state index in [2.05, 4.69) is 4.74 Å². The minimum atomic E-state index is -5.03. The van der Waals surface area contributed by atoms with Crippen LogP contribution in [0, 0.1) is 17.8 Å². The number of ketones is 2. The number of hydrogen-bond donors (Lipinski definition) is 2. The number of halogens is 3. The number of carbonyl (C=O) groups excluding carboxylic acids is 5. The molecule has 0 unspecified atom stereocenters. The van der Waals surface area contributed by atoms with Crippen LogP contribution in [0.25, 0.3) is 0 Å². The number of phenols is 1. The number of hydrogen-bond acceptors (Lipinski definition) is 7. The highest BCUT2D eigenvalue weighted by atomic mass is 19.4. The Balaban J connectivity index is 1.70. The van der Waals surface area contributed by atoms with Crippen LogP contribution in [-0.2, 0) is 19.2 Å². The molecule has 0 saturated carbocycles. The molecule has 4 atom stereocenters. The minimum Gasteiger partial charge on any atom is -0.508 e. The summed E-state index contributed by atoms with van der Waals surface area (Å²) in [7, 11) is 0. The predicted molar refractivity (Wildman–Crippen MR) is 118 cm³/mol. The van der Waals surface area contributed by atoms with Gasteiger partial charge in [-0.25, -0.2) is 4.79 Å². The number of urea groups is 1. The van der Waals surface area contributed by atoms with Gasteiger partial charge in [-0.2, -0.15) is 4.90 Å². The van der Waals surface area contributed by atoms with Gasteiger partial charge in [0.15, 0.2) is 11.6 Å². The van der Waals surface area contributed by atoms with E-state index >= 15 is 0 Å². The number of aromatic hydroxyl groups is 1. The number of rotatable bonds is 2. The Bertz CT molecular complexity index is 1410. The van der Waals surface area contributed by atoms with E-state index in [0.29, 0.717) is 10.5 Å². The molecule has 0 spiro atoms. The number of likely N-dealkylation sites (tertiary alicyclic amines) is 1. The van der Waals surface area contributed by atoms with Gasteiger partial charge in [0.1, 0.15) is 11.5 Å². The largest absolute Gasteiger partial charge is 0.573 e. The van der Waals surface area contributed by atoms with Crippen LogP contribution in [-0.4, -0.2) is 45.8 Å². The maximum Gasteiger partial charge on any atom is 0.573 e. The van der Waals surface area contributed by atoms with Crippen LogP contribution in [0.3, 0.4) is 0 Å². The van der Waals surface area contributed by atoms with Crippen molar-refractivity contribution in [3.63, 3.8) is 0 Å². The number of amides is 4. The second kappa shape index (κ2) is 8.15. The number of allylic oxidation sites excluding steroid dienone is 6. The predicted octanol–water partition coefficient (Wildman–Crippen LogP) is 2.80. The van der Waals surface area contributed by atoms with Crippen molar-refractivity contribution in [3.05, 3.63) is 58.2 Å². The molecular formula is C25H19F3N2O7. The van der Waals surface area contributed by atoms with Crippen molar-refractivity contribution in [2.75, 3.05) is 0 Å². The molecule has 1 aromatic rings. The van der Waals surface area contributed by atoms with Crippen LogP contribution >= 0.6 is 0 Å². The lowest BCUT2D eigenvalue weighted by Crippen LogP contribution is -2.42. The second-order valence-corrected chi connectivity index (χ2v) is 9.35. The molecule has 3 aliphatic carbocycles. The molecule has 4 aliphatic rings. The van der Waals surface area contributed by atoms with Gasteiger partial charge in [-0.05, 0) is 50.0 Å². The van der Waals surface area contributed by atoms with Gasteiger partial charge in [0.2, 0.25) is 11.8 Å². The number of primary amides is 1. The molecule has 4 amide bonds. The maximum atomic E-state index is 13.2. The number of carbonyl (C=O) groups is 5. The van der Waals surface area contributed by atoms with Crippen LogP contribution < -0.4 is 10.5 Å². The molecule has 37 heavy (non-hydrogen) atoms. The first-order valence-corrected chi connectivity index (χ1v) is 11.3. The Morgan fingerprint density at radius 2 is 1.84 bits per heavy atom. The SMILES string of the molecule is CC1=CC(=O)C2=C(C[C@@H]3C(=CC[C@@H]4C(=O)N(C(N)=O)C(=O)[C@@H]43)[C@@H]2c2cc(OC(F)(F)F)ccc2O)C1=O. The summed E-state index contributed by atoms with van der Waals surface area (Å²) >= 11 is 0. The molecule has 1 saturated heterocycles. The molecule has 1 fully saturated rings. The van der Waals surface area contributed by atoms with Gasteiger partial charge in [0, 0.05) is 28.2 Å². The highest BCUT2D eigenvalue weighted by Crippen LogP contribution is 2.56. The number of imide groups is 3. The Morgan fingerprint density at radius 3 is 2.49 bits per heavy atom. The normalized spacial score (nSPS) is 27.4. The number of nitrogens with two attached hydrogens (primary N) is 1. The molecule has 1 aliphatic heterocycles. The fraction of sp³-hybridized carbons (Fsp3) is 0.320. The van der Waals surface area contributed by atoms with E-state index in [0.717, 1.165) is 24.3 Å². The average molecular weight is 516 g/mol. The maximum absolute atomic E-state index is 13.2. The fourth-order valence-electron chi connectivity index (χ4n) is 5.92. The van der Waals surface area contributed by atoms with E-state index in [1.165, 1.54) is 6.92 Å². The van der Waals surface area contributed by atoms with Crippen molar-refractivity contribution in [3.8, 4) is 11.5 Å². The number of nitrogens with zero attached hydrogens (tertiary/aromatic N) is 1. The Kier molecular flexibility index (Phi) is 5.39. The summed E-state index contributed by atoms with van der Waals surface area (Å²) in [4.78, 5) is 64.4. The van der Waals surface area contributed by atoms with Crippen LogP contribution in [0.15, 0.2) is 52.6 Å². The Morgan fingerprint density at radius 1 is 1.14 bits per heavy atom. The van der Waals surface area contributed by atoms with E-state index in [9.17, 15) is 42.3 Å². The number of benzene rings is 1. The van der Waals surface area contributed by atoms with Crippen molar-refractivity contribution in [2.45, 2.75) is 32.0 Å². The van der Waals surface area contributed by atoms with E-state index in [-0.39, 0.29) is 35.1 Å². The molecule has 9 nitrogen and oxygen atoms in total. The van der Waals surface area contributed by atoms with E-state index in [4.69, 9.17) is 5.73 Å². The van der Waals surface area contributed by atoms with Gasteiger partial charge in [0.05, 0.1) is 11.8 Å². The van der Waals surface area contributed by atoms with Crippen molar-refractivity contribution >= 4 is 29.4 Å². The molecule has 0 bridgehead atoms. The molecule has 1 aromatic carbocycles. The van der Waals surface area contributed by atoms with Crippen LogP contribution in [0.1, 0.15) is 31.2 Å². The Labute approximate surface area is 207 Å². The lowest BCUT2D eigenvalue weighted by molar-refractivity contribution is -0.274. The van der Waals surface area contributed by atoms with E-state index in [1.807, 2.05) is 0 Å². The first-order valence-electron chi connectivity index (χ1n) is 11.3. The molecule has 12 heteroatoms. The van der Waals surface area contributed by atoms with Gasteiger partial charge in [-0.15, -0.1) is 13.2 Å². The third kappa shape index (κ3) is 3.74. The monoisotopic (exact) mass is 516 g/mol. The number of ether oxygens (including phenoxy) is 1. The molecule has 0 aromatic heterocycles. The molecule has 192 valence electrons. The lowest BCUT2D eigenvalue weighted by Gasteiger charge is -2.42. The van der Waals surface area contributed by atoms with Crippen LogP contribution in [0.2, 0.25) is 0 Å². The summed E-state index contributed by atoms with van der Waals surface area (Å²) in [6, 6.07) is 1.56. The highest BCUT2D eigenvalue weighted by Gasteiger charge is 2.57. The molecule has 0 radical (unpaired) electrons. The highest BCUT2D eigenvalue weighted by molar-refractivity contribution is 6.24. The van der Waals surface area contributed by atoms with Crippen molar-refractivity contribution in [1.29, 1.82) is 0 Å². The Hall–Kier alpha value is -4.22. The van der Waals surface area contributed by atoms with Crippen molar-refractivity contribution in [2.24, 2.45) is 23.5 Å². The smallest absolute Gasteiger partial charge is 0.508 e. The van der Waals surface area contributed by atoms with Gasteiger partial charge in [0.25, 0.3) is 0 Å². The van der Waals surface area contributed by atoms with E-state index in [1.54, 1.807) is 6.08 Å². The average Bonchev–Trinajstić information content (AvgIpc) is 3.06. The molecule has 5 rings (SSSR count). The lowest BCUT2D eigenvalue weighted by atomic mass is 9.59. The summed E-state index contributed by atoms with van der Waals surface area (Å²) in [6.07, 6.45) is -2.46. The third-order valence-electron chi connectivity index (χ3n) is 7.33. The minimum absolute atomic E-state index is 0.0134. The second-order valence-electron chi connectivity index (χ2n) is 9.35. The molecule has 1 heterocycles. The van der Waals surface area contributed by atoms with Crippen LogP contribution in [0.4, 0.5) is 18.0 Å². The molecule has 3 N–H and O–H groups in total. The number of alkyl halides is 3. The zero-order valence-electron chi connectivity index (χ0n) is 19.2. The van der Waals surface area contributed by atoms with Gasteiger partial charge >= 0.3 is 12.4 Å². The summed E-state index contributed by atoms with van der Waals surface area (Å²) < 4.78 is 42.7. The van der Waals surface area contributed by atoms with Gasteiger partial charge in [-0.3, -0.25) is 19.2 Å². The standard InChI is InChI=1S/C25H19F3N2O7/c1-9-6-17(32)20-15(21(9)33)8-13-11(3-4-12-19(13)23(35)30(22(12)34)24(29)36)18(20)14-7-10(2-5-16(14)31)37-25(26,27)28/h2-3,5-7,12-13,18-19,31H,4,8H2,1H3,(H2,29,36)/t12-,13+,18+,19-/m0/s1. The third-order valence-corrected chi connectivity index (χ3v) is 7.33. The first-order chi connectivity index (χ1) is 17.3. The fourth-order valence-corrected chi connectivity index (χ4v) is 5.92. The number of Topliss-reactive ketones (excluding diaryl/α,β-unsaturated/α-hetero) is 1. The van der Waals surface area contributed by atoms with E-state index < -0.39 is 70.9 Å². The summed E-state index contributed by atoms with van der Waals surface area (Å²) in [5.41, 5.74) is 5.63. The zero-order chi connectivity index (χ0) is 27.0. The van der Waals surface area contributed by atoms with Crippen LogP contribution in [0.5, 0.6) is 11.5 Å². The van der Waals surface area contributed by atoms with Gasteiger partial charge in [-0.1, -0.05) is 11.6 Å². The van der Waals surface area contributed by atoms with Crippen molar-refractivity contribution < 1.29 is 47.0 Å². The summed E-state index contributed by atoms with van der Waals surface area (Å²) in [5, 5.41) is 10.7. The van der Waals surface area contributed by atoms with Crippen molar-refractivity contribution in [1.82, 2.24) is 4.90 Å². The zero-order valence-corrected chi connectivity index (χ0v) is 19.2. The number of phenolic OH excluding ortho intramolecular Hbond substituents is 1. The quantitative estimate of drug-likeness (QED) is 0.349. The number of fused-ring (bicyclic) bond motifs is 3. The first kappa shape index (κ1) is 24.5. The topological polar surface area (TPSA) is 144 Å².